The molecule has 0 aliphatic carbocycles. The average molecular weight is 266 g/mol. The van der Waals surface area contributed by atoms with Crippen LogP contribution in [0.15, 0.2) is 54.6 Å². The summed E-state index contributed by atoms with van der Waals surface area (Å²) in [5.41, 5.74) is 3.27. The number of carbonyl (C=O) groups excluding carboxylic acids is 1. The van der Waals surface area contributed by atoms with E-state index in [0.717, 1.165) is 16.9 Å². The van der Waals surface area contributed by atoms with Crippen LogP contribution in [-0.2, 0) is 11.4 Å². The van der Waals surface area contributed by atoms with Crippen molar-refractivity contribution in [1.82, 2.24) is 0 Å². The van der Waals surface area contributed by atoms with Gasteiger partial charge in [-0.05, 0) is 37.6 Å². The van der Waals surface area contributed by atoms with Gasteiger partial charge in [0, 0.05) is 5.56 Å². The molecule has 0 unspecified atom stereocenters. The zero-order valence-corrected chi connectivity index (χ0v) is 11.8. The molecule has 0 heterocycles. The number of para-hydroxylation sites is 1. The fourth-order valence-electron chi connectivity index (χ4n) is 1.80. The van der Waals surface area contributed by atoms with Gasteiger partial charge >= 0.3 is 0 Å². The molecule has 20 heavy (non-hydrogen) atoms. The topological polar surface area (TPSA) is 26.3 Å². The van der Waals surface area contributed by atoms with E-state index in [1.165, 1.54) is 12.5 Å². The van der Waals surface area contributed by atoms with Crippen LogP contribution >= 0.6 is 0 Å². The van der Waals surface area contributed by atoms with Gasteiger partial charge in [0.05, 0.1) is 0 Å². The summed E-state index contributed by atoms with van der Waals surface area (Å²) >= 11 is 0. The second-order valence-electron chi connectivity index (χ2n) is 4.76. The molecule has 0 saturated heterocycles. The van der Waals surface area contributed by atoms with E-state index in [0.29, 0.717) is 6.61 Å². The van der Waals surface area contributed by atoms with Gasteiger partial charge < -0.3 is 4.74 Å². The highest BCUT2D eigenvalue weighted by Gasteiger charge is 2.01. The number of ether oxygens (including phenoxy) is 1. The molecular formula is C18H18O2. The lowest BCUT2D eigenvalue weighted by Crippen LogP contribution is -1.97. The van der Waals surface area contributed by atoms with Crippen molar-refractivity contribution < 1.29 is 9.53 Å². The Kier molecular flexibility index (Phi) is 4.72. The molecule has 0 spiro atoms. The van der Waals surface area contributed by atoms with E-state index >= 15 is 0 Å². The van der Waals surface area contributed by atoms with E-state index in [1.54, 1.807) is 12.2 Å². The average Bonchev–Trinajstić information content (AvgIpc) is 2.45. The molecule has 2 aromatic carbocycles. The van der Waals surface area contributed by atoms with Crippen molar-refractivity contribution in [3.8, 4) is 5.75 Å². The Morgan fingerprint density at radius 2 is 1.80 bits per heavy atom. The Hall–Kier alpha value is -2.35. The van der Waals surface area contributed by atoms with E-state index < -0.39 is 0 Å². The van der Waals surface area contributed by atoms with Crippen molar-refractivity contribution in [2.75, 3.05) is 0 Å². The number of ketones is 1. The minimum atomic E-state index is 0.0262. The first kappa shape index (κ1) is 14.1. The van der Waals surface area contributed by atoms with Crippen LogP contribution in [0.4, 0.5) is 0 Å². The van der Waals surface area contributed by atoms with Crippen LogP contribution < -0.4 is 4.74 Å². The molecule has 0 radical (unpaired) electrons. The maximum absolute atomic E-state index is 11.0. The summed E-state index contributed by atoms with van der Waals surface area (Å²) in [6.07, 6.45) is 3.33. The Balaban J connectivity index is 2.09. The Morgan fingerprint density at radius 1 is 1.10 bits per heavy atom. The molecule has 0 N–H and O–H groups in total. The zero-order valence-electron chi connectivity index (χ0n) is 11.8. The first-order valence-corrected chi connectivity index (χ1v) is 6.61. The van der Waals surface area contributed by atoms with E-state index in [-0.39, 0.29) is 5.78 Å². The maximum atomic E-state index is 11.0. The SMILES string of the molecule is CC(=O)/C=C/c1ccccc1OCc1ccc(C)cc1. The lowest BCUT2D eigenvalue weighted by molar-refractivity contribution is -0.112. The van der Waals surface area contributed by atoms with Crippen LogP contribution in [0, 0.1) is 6.92 Å². The quantitative estimate of drug-likeness (QED) is 0.759. The standard InChI is InChI=1S/C18H18O2/c1-14-7-10-16(11-8-14)13-20-18-6-4-3-5-17(18)12-9-15(2)19/h3-12H,13H2,1-2H3/b12-9+. The highest BCUT2D eigenvalue weighted by Crippen LogP contribution is 2.20. The second-order valence-corrected chi connectivity index (χ2v) is 4.76. The molecule has 2 aromatic rings. The number of allylic oxidation sites excluding steroid dienone is 1. The van der Waals surface area contributed by atoms with Crippen LogP contribution in [-0.4, -0.2) is 5.78 Å². The van der Waals surface area contributed by atoms with Gasteiger partial charge in [-0.15, -0.1) is 0 Å². The molecule has 2 nitrogen and oxygen atoms in total. The van der Waals surface area contributed by atoms with Gasteiger partial charge in [-0.25, -0.2) is 0 Å². The molecule has 0 aliphatic heterocycles. The van der Waals surface area contributed by atoms with Gasteiger partial charge in [0.15, 0.2) is 5.78 Å². The minimum absolute atomic E-state index is 0.0262. The second kappa shape index (κ2) is 6.71. The van der Waals surface area contributed by atoms with Crippen molar-refractivity contribution >= 4 is 11.9 Å². The molecule has 0 bridgehead atoms. The largest absolute Gasteiger partial charge is 0.488 e. The van der Waals surface area contributed by atoms with Crippen molar-refractivity contribution in [1.29, 1.82) is 0 Å². The predicted octanol–water partition coefficient (Wildman–Crippen LogP) is 4.18. The zero-order chi connectivity index (χ0) is 14.4. The summed E-state index contributed by atoms with van der Waals surface area (Å²) < 4.78 is 5.83. The van der Waals surface area contributed by atoms with Crippen molar-refractivity contribution in [2.45, 2.75) is 20.5 Å². The summed E-state index contributed by atoms with van der Waals surface area (Å²) in [6.45, 7) is 4.12. The highest BCUT2D eigenvalue weighted by molar-refractivity contribution is 5.91. The van der Waals surface area contributed by atoms with Gasteiger partial charge in [-0.1, -0.05) is 48.0 Å². The Labute approximate surface area is 119 Å². The molecule has 0 amide bonds. The van der Waals surface area contributed by atoms with Gasteiger partial charge in [0.25, 0.3) is 0 Å². The highest BCUT2D eigenvalue weighted by atomic mass is 16.5. The smallest absolute Gasteiger partial charge is 0.152 e. The monoisotopic (exact) mass is 266 g/mol. The molecule has 0 fully saturated rings. The van der Waals surface area contributed by atoms with Crippen LogP contribution in [0.5, 0.6) is 5.75 Å². The third-order valence-corrected chi connectivity index (χ3v) is 2.93. The Bertz CT molecular complexity index is 610. The van der Waals surface area contributed by atoms with Crippen molar-refractivity contribution in [2.24, 2.45) is 0 Å². The van der Waals surface area contributed by atoms with Crippen LogP contribution in [0.25, 0.3) is 6.08 Å². The fraction of sp³-hybridized carbons (Fsp3) is 0.167. The van der Waals surface area contributed by atoms with Gasteiger partial charge in [0.2, 0.25) is 0 Å². The molecule has 0 atom stereocenters. The van der Waals surface area contributed by atoms with Gasteiger partial charge in [-0.3, -0.25) is 4.79 Å². The summed E-state index contributed by atoms with van der Waals surface area (Å²) in [7, 11) is 0. The molecule has 2 rings (SSSR count). The summed E-state index contributed by atoms with van der Waals surface area (Å²) in [5, 5.41) is 0. The van der Waals surface area contributed by atoms with Crippen LogP contribution in [0.2, 0.25) is 0 Å². The lowest BCUT2D eigenvalue weighted by Gasteiger charge is -2.09. The number of benzene rings is 2. The predicted molar refractivity (Wildman–Crippen MR) is 81.7 cm³/mol. The molecule has 0 aromatic heterocycles. The van der Waals surface area contributed by atoms with Crippen molar-refractivity contribution in [3.05, 3.63) is 71.3 Å². The number of rotatable bonds is 5. The number of aryl methyl sites for hydroxylation is 1. The maximum Gasteiger partial charge on any atom is 0.152 e. The number of hydrogen-bond donors (Lipinski definition) is 0. The minimum Gasteiger partial charge on any atom is -0.488 e. The first-order valence-electron chi connectivity index (χ1n) is 6.61. The molecular weight excluding hydrogens is 248 g/mol. The molecule has 0 aliphatic rings. The van der Waals surface area contributed by atoms with Crippen LogP contribution in [0.3, 0.4) is 0 Å². The van der Waals surface area contributed by atoms with E-state index in [1.807, 2.05) is 24.3 Å². The number of carbonyl (C=O) groups is 1. The van der Waals surface area contributed by atoms with Crippen molar-refractivity contribution in [3.63, 3.8) is 0 Å². The Morgan fingerprint density at radius 3 is 2.50 bits per heavy atom. The summed E-state index contributed by atoms with van der Waals surface area (Å²) in [4.78, 5) is 11.0. The van der Waals surface area contributed by atoms with E-state index in [4.69, 9.17) is 4.74 Å². The fourth-order valence-corrected chi connectivity index (χ4v) is 1.80. The van der Waals surface area contributed by atoms with Crippen LogP contribution in [0.1, 0.15) is 23.6 Å². The third kappa shape index (κ3) is 4.09. The number of hydrogen-bond acceptors (Lipinski definition) is 2. The molecule has 102 valence electrons. The molecule has 2 heteroatoms. The molecule has 0 saturated carbocycles. The van der Waals surface area contributed by atoms with E-state index in [9.17, 15) is 4.79 Å². The van der Waals surface area contributed by atoms with Gasteiger partial charge in [-0.2, -0.15) is 0 Å². The van der Waals surface area contributed by atoms with Gasteiger partial charge in [0.1, 0.15) is 12.4 Å². The summed E-state index contributed by atoms with van der Waals surface area (Å²) in [6, 6.07) is 16.0. The lowest BCUT2D eigenvalue weighted by atomic mass is 10.1. The van der Waals surface area contributed by atoms with E-state index in [2.05, 4.69) is 31.2 Å². The summed E-state index contributed by atoms with van der Waals surface area (Å²) in [5.74, 6) is 0.809. The third-order valence-electron chi connectivity index (χ3n) is 2.93. The first-order chi connectivity index (χ1) is 9.65. The normalized spacial score (nSPS) is 10.7.